The number of nitrogens with one attached hydrogen (secondary N) is 1. The molecule has 0 atom stereocenters. The summed E-state index contributed by atoms with van der Waals surface area (Å²) in [7, 11) is 1.58. The van der Waals surface area contributed by atoms with Crippen LogP contribution in [0.3, 0.4) is 0 Å². The molecule has 18 heavy (non-hydrogen) atoms. The van der Waals surface area contributed by atoms with Gasteiger partial charge in [0.25, 0.3) is 0 Å². The molecule has 0 aliphatic carbocycles. The molecule has 0 aliphatic heterocycles. The summed E-state index contributed by atoms with van der Waals surface area (Å²) in [6, 6.07) is 3.12. The first kappa shape index (κ1) is 13.1. The number of aryl methyl sites for hydroxylation is 1. The molecule has 2 rings (SSSR count). The number of hydrogen-bond donors (Lipinski definition) is 2. The second kappa shape index (κ2) is 4.76. The van der Waals surface area contributed by atoms with Gasteiger partial charge in [-0.05, 0) is 12.1 Å². The van der Waals surface area contributed by atoms with Crippen molar-refractivity contribution in [1.29, 1.82) is 5.41 Å². The van der Waals surface area contributed by atoms with E-state index in [2.05, 4.69) is 10.1 Å². The van der Waals surface area contributed by atoms with E-state index in [9.17, 15) is 0 Å². The lowest BCUT2D eigenvalue weighted by molar-refractivity contribution is 0.652. The zero-order valence-electron chi connectivity index (χ0n) is 9.21. The summed E-state index contributed by atoms with van der Waals surface area (Å²) >= 11 is 18.0. The van der Waals surface area contributed by atoms with Crippen molar-refractivity contribution in [3.63, 3.8) is 0 Å². The van der Waals surface area contributed by atoms with Gasteiger partial charge >= 0.3 is 0 Å². The number of halogens is 3. The Morgan fingerprint density at radius 3 is 2.61 bits per heavy atom. The Hall–Kier alpha value is -1.30. The van der Waals surface area contributed by atoms with Crippen LogP contribution in [-0.4, -0.2) is 14.8 Å². The maximum atomic E-state index is 7.48. The lowest BCUT2D eigenvalue weighted by atomic mass is 10.1. The minimum atomic E-state index is -0.0551. The first-order chi connectivity index (χ1) is 8.40. The van der Waals surface area contributed by atoms with E-state index in [1.165, 1.54) is 10.7 Å². The number of hydrogen-bond acceptors (Lipinski definition) is 4. The number of rotatable bonds is 1. The highest BCUT2D eigenvalue weighted by Crippen LogP contribution is 2.36. The highest BCUT2D eigenvalue weighted by atomic mass is 35.5. The Morgan fingerprint density at radius 2 is 1.94 bits per heavy atom. The molecule has 1 heterocycles. The summed E-state index contributed by atoms with van der Waals surface area (Å²) < 4.78 is 1.27. The van der Waals surface area contributed by atoms with Gasteiger partial charge in [-0.3, -0.25) is 5.41 Å². The van der Waals surface area contributed by atoms with Crippen LogP contribution in [-0.2, 0) is 7.05 Å². The fraction of sp³-hybridized carbons (Fsp3) is 0.100. The van der Waals surface area contributed by atoms with Crippen LogP contribution in [0, 0.1) is 5.41 Å². The van der Waals surface area contributed by atoms with Crippen LogP contribution in [0.5, 0.6) is 0 Å². The van der Waals surface area contributed by atoms with Crippen LogP contribution in [0.1, 0.15) is 0 Å². The lowest BCUT2D eigenvalue weighted by Crippen LogP contribution is -2.24. The van der Waals surface area contributed by atoms with Crippen molar-refractivity contribution in [2.45, 2.75) is 0 Å². The SMILES string of the molecule is Cn1nc(-c2cc(Cl)cc(Cl)c2Cl)c(N)nc1=N. The molecule has 3 N–H and O–H groups in total. The van der Waals surface area contributed by atoms with E-state index in [-0.39, 0.29) is 11.4 Å². The zero-order chi connectivity index (χ0) is 13.4. The predicted octanol–water partition coefficient (Wildman–Crippen LogP) is 2.50. The molecule has 0 aliphatic rings. The first-order valence-electron chi connectivity index (χ1n) is 4.80. The van der Waals surface area contributed by atoms with Crippen LogP contribution >= 0.6 is 34.8 Å². The van der Waals surface area contributed by atoms with Crippen LogP contribution in [0.2, 0.25) is 15.1 Å². The quantitative estimate of drug-likeness (QED) is 0.794. The largest absolute Gasteiger partial charge is 0.382 e. The number of nitrogens with two attached hydrogens (primary N) is 1. The van der Waals surface area contributed by atoms with Crippen molar-refractivity contribution in [3.05, 3.63) is 32.8 Å². The van der Waals surface area contributed by atoms with Crippen molar-refractivity contribution in [3.8, 4) is 11.3 Å². The Labute approximate surface area is 118 Å². The molecule has 0 spiro atoms. The van der Waals surface area contributed by atoms with Gasteiger partial charge in [-0.25, -0.2) is 4.68 Å². The van der Waals surface area contributed by atoms with E-state index >= 15 is 0 Å². The molecule has 0 saturated carbocycles. The average Bonchev–Trinajstić information content (AvgIpc) is 2.29. The lowest BCUT2D eigenvalue weighted by Gasteiger charge is -2.09. The van der Waals surface area contributed by atoms with Gasteiger partial charge in [0.15, 0.2) is 5.82 Å². The number of nitrogen functional groups attached to an aromatic ring is 1. The van der Waals surface area contributed by atoms with Gasteiger partial charge in [0, 0.05) is 17.6 Å². The molecular weight excluding hydrogens is 297 g/mol. The minimum Gasteiger partial charge on any atom is -0.382 e. The molecule has 0 bridgehead atoms. The molecular formula is C10H8Cl3N5. The average molecular weight is 305 g/mol. The van der Waals surface area contributed by atoms with Crippen LogP contribution in [0.4, 0.5) is 5.82 Å². The molecule has 1 aromatic carbocycles. The second-order valence-electron chi connectivity index (χ2n) is 3.54. The minimum absolute atomic E-state index is 0.0551. The van der Waals surface area contributed by atoms with Crippen molar-refractivity contribution < 1.29 is 0 Å². The normalized spacial score (nSPS) is 10.7. The number of anilines is 1. The predicted molar refractivity (Wildman–Crippen MR) is 71.7 cm³/mol. The molecule has 94 valence electrons. The Kier molecular flexibility index (Phi) is 3.47. The van der Waals surface area contributed by atoms with Gasteiger partial charge in [0.2, 0.25) is 5.62 Å². The molecule has 0 unspecified atom stereocenters. The number of nitrogens with zero attached hydrogens (tertiary/aromatic N) is 3. The summed E-state index contributed by atoms with van der Waals surface area (Å²) in [5, 5.41) is 12.6. The summed E-state index contributed by atoms with van der Waals surface area (Å²) in [6.45, 7) is 0. The monoisotopic (exact) mass is 303 g/mol. The molecule has 8 heteroatoms. The molecule has 2 aromatic rings. The number of aromatic nitrogens is 3. The topological polar surface area (TPSA) is 80.6 Å². The van der Waals surface area contributed by atoms with Crippen molar-refractivity contribution in [2.75, 3.05) is 5.73 Å². The van der Waals surface area contributed by atoms with E-state index in [4.69, 9.17) is 45.9 Å². The fourth-order valence-corrected chi connectivity index (χ4v) is 2.10. The maximum absolute atomic E-state index is 7.48. The van der Waals surface area contributed by atoms with E-state index in [0.717, 1.165) is 0 Å². The van der Waals surface area contributed by atoms with Gasteiger partial charge in [0.1, 0.15) is 5.69 Å². The maximum Gasteiger partial charge on any atom is 0.240 e. The number of benzene rings is 1. The summed E-state index contributed by atoms with van der Waals surface area (Å²) in [6.07, 6.45) is 0. The highest BCUT2D eigenvalue weighted by molar-refractivity contribution is 6.45. The molecule has 0 saturated heterocycles. The van der Waals surface area contributed by atoms with Gasteiger partial charge in [0.05, 0.1) is 10.0 Å². The van der Waals surface area contributed by atoms with Crippen molar-refractivity contribution >= 4 is 40.6 Å². The van der Waals surface area contributed by atoms with E-state index < -0.39 is 0 Å². The molecule has 1 aromatic heterocycles. The van der Waals surface area contributed by atoms with Gasteiger partial charge in [-0.2, -0.15) is 10.1 Å². The highest BCUT2D eigenvalue weighted by Gasteiger charge is 2.14. The molecule has 0 fully saturated rings. The van der Waals surface area contributed by atoms with Gasteiger partial charge in [-0.1, -0.05) is 34.8 Å². The van der Waals surface area contributed by atoms with Crippen LogP contribution in [0.25, 0.3) is 11.3 Å². The Balaban J connectivity index is 2.77. The summed E-state index contributed by atoms with van der Waals surface area (Å²) in [5.74, 6) is 0.0957. The van der Waals surface area contributed by atoms with E-state index in [1.54, 1.807) is 13.1 Å². The van der Waals surface area contributed by atoms with Gasteiger partial charge < -0.3 is 5.73 Å². The van der Waals surface area contributed by atoms with E-state index in [0.29, 0.717) is 26.3 Å². The smallest absolute Gasteiger partial charge is 0.240 e. The second-order valence-corrected chi connectivity index (χ2v) is 4.76. The van der Waals surface area contributed by atoms with E-state index in [1.807, 2.05) is 0 Å². The third kappa shape index (κ3) is 2.29. The Bertz CT molecular complexity index is 680. The first-order valence-corrected chi connectivity index (χ1v) is 5.94. The van der Waals surface area contributed by atoms with Crippen molar-refractivity contribution in [2.24, 2.45) is 7.05 Å². The third-order valence-corrected chi connectivity index (χ3v) is 3.29. The van der Waals surface area contributed by atoms with Gasteiger partial charge in [-0.15, -0.1) is 0 Å². The zero-order valence-corrected chi connectivity index (χ0v) is 11.5. The molecule has 0 amide bonds. The van der Waals surface area contributed by atoms with Crippen LogP contribution in [0.15, 0.2) is 12.1 Å². The standard InChI is InChI=1S/C10H8Cl3N5/c1-18-10(15)16-9(14)8(17-18)5-2-4(11)3-6(12)7(5)13/h2-3H,1H3,(H3,14,15,16). The fourth-order valence-electron chi connectivity index (χ4n) is 1.41. The van der Waals surface area contributed by atoms with Crippen LogP contribution < -0.4 is 11.4 Å². The van der Waals surface area contributed by atoms with Crippen molar-refractivity contribution in [1.82, 2.24) is 14.8 Å². The molecule has 0 radical (unpaired) electrons. The molecule has 5 nitrogen and oxygen atoms in total. The summed E-state index contributed by atoms with van der Waals surface area (Å²) in [4.78, 5) is 3.85. The Morgan fingerprint density at radius 1 is 1.28 bits per heavy atom. The third-order valence-electron chi connectivity index (χ3n) is 2.27. The summed E-state index contributed by atoms with van der Waals surface area (Å²) in [5.41, 5.74) is 6.50.